The van der Waals surface area contributed by atoms with Crippen molar-refractivity contribution in [3.8, 4) is 0 Å². The zero-order valence-electron chi connectivity index (χ0n) is 11.0. The van der Waals surface area contributed by atoms with Crippen molar-refractivity contribution < 1.29 is 0 Å². The van der Waals surface area contributed by atoms with Crippen molar-refractivity contribution in [2.24, 2.45) is 0 Å². The van der Waals surface area contributed by atoms with E-state index in [9.17, 15) is 0 Å². The van der Waals surface area contributed by atoms with Gasteiger partial charge in [-0.25, -0.2) is 0 Å². The average molecular weight is 223 g/mol. The van der Waals surface area contributed by atoms with E-state index in [2.05, 4.69) is 70.5 Å². The molecule has 0 amide bonds. The van der Waals surface area contributed by atoms with Crippen LogP contribution >= 0.6 is 0 Å². The molecule has 2 aromatic carbocycles. The maximum absolute atomic E-state index is 2.31. The van der Waals surface area contributed by atoms with Crippen LogP contribution in [0.2, 0.25) is 0 Å². The first-order valence-electron chi connectivity index (χ1n) is 6.07. The SMILES string of the molecule is Cc1cccc(C)c1[CH]c1c(C)cccc1C. The summed E-state index contributed by atoms with van der Waals surface area (Å²) in [6.07, 6.45) is 2.31. The van der Waals surface area contributed by atoms with Gasteiger partial charge in [0.05, 0.1) is 0 Å². The molecule has 0 heterocycles. The topological polar surface area (TPSA) is 0 Å². The Morgan fingerprint density at radius 2 is 0.882 bits per heavy atom. The fraction of sp³-hybridized carbons (Fsp3) is 0.235. The number of hydrogen-bond donors (Lipinski definition) is 0. The van der Waals surface area contributed by atoms with Crippen LogP contribution in [-0.4, -0.2) is 0 Å². The van der Waals surface area contributed by atoms with Crippen LogP contribution in [0.25, 0.3) is 0 Å². The van der Waals surface area contributed by atoms with E-state index in [0.29, 0.717) is 0 Å². The smallest absolute Gasteiger partial charge is 0.0210 e. The van der Waals surface area contributed by atoms with Crippen molar-refractivity contribution in [2.75, 3.05) is 0 Å². The number of hydrogen-bond acceptors (Lipinski definition) is 0. The standard InChI is InChI=1S/C17H19/c1-12-7-5-8-13(2)16(12)11-17-14(3)9-6-10-15(17)4/h5-11H,1-4H3. The summed E-state index contributed by atoms with van der Waals surface area (Å²) in [5.74, 6) is 0. The maximum Gasteiger partial charge on any atom is 0.0210 e. The molecular formula is C17H19. The molecule has 0 bridgehead atoms. The van der Waals surface area contributed by atoms with Gasteiger partial charge in [-0.3, -0.25) is 0 Å². The van der Waals surface area contributed by atoms with Crippen molar-refractivity contribution in [3.63, 3.8) is 0 Å². The van der Waals surface area contributed by atoms with Crippen molar-refractivity contribution in [1.82, 2.24) is 0 Å². The molecule has 0 aliphatic rings. The van der Waals surface area contributed by atoms with Gasteiger partial charge in [0, 0.05) is 6.42 Å². The molecule has 2 aromatic rings. The first-order chi connectivity index (χ1) is 8.09. The highest BCUT2D eigenvalue weighted by atomic mass is 14.1. The largest absolute Gasteiger partial charge is 0.0617 e. The van der Waals surface area contributed by atoms with Crippen LogP contribution in [0.3, 0.4) is 0 Å². The molecule has 0 saturated carbocycles. The molecule has 17 heavy (non-hydrogen) atoms. The van der Waals surface area contributed by atoms with Gasteiger partial charge < -0.3 is 0 Å². The second kappa shape index (κ2) is 4.75. The van der Waals surface area contributed by atoms with Gasteiger partial charge in [-0.1, -0.05) is 36.4 Å². The Hall–Kier alpha value is -1.56. The fourth-order valence-corrected chi connectivity index (χ4v) is 2.25. The van der Waals surface area contributed by atoms with Gasteiger partial charge in [-0.2, -0.15) is 0 Å². The van der Waals surface area contributed by atoms with Crippen molar-refractivity contribution >= 4 is 0 Å². The minimum Gasteiger partial charge on any atom is -0.0617 e. The van der Waals surface area contributed by atoms with Crippen LogP contribution in [0.15, 0.2) is 36.4 Å². The summed E-state index contributed by atoms with van der Waals surface area (Å²) >= 11 is 0. The summed E-state index contributed by atoms with van der Waals surface area (Å²) in [4.78, 5) is 0. The molecule has 0 saturated heterocycles. The summed E-state index contributed by atoms with van der Waals surface area (Å²) < 4.78 is 0. The zero-order valence-corrected chi connectivity index (χ0v) is 11.0. The summed E-state index contributed by atoms with van der Waals surface area (Å²) in [5.41, 5.74) is 8.07. The van der Waals surface area contributed by atoms with Gasteiger partial charge >= 0.3 is 0 Å². The van der Waals surface area contributed by atoms with E-state index >= 15 is 0 Å². The van der Waals surface area contributed by atoms with Crippen molar-refractivity contribution in [1.29, 1.82) is 0 Å². The van der Waals surface area contributed by atoms with Crippen LogP contribution < -0.4 is 0 Å². The quantitative estimate of drug-likeness (QED) is 0.702. The molecule has 0 aromatic heterocycles. The Morgan fingerprint density at radius 1 is 0.588 bits per heavy atom. The number of rotatable bonds is 2. The molecule has 0 heteroatoms. The Balaban J connectivity index is 2.45. The Morgan fingerprint density at radius 3 is 1.18 bits per heavy atom. The first kappa shape index (κ1) is 11.9. The summed E-state index contributed by atoms with van der Waals surface area (Å²) in [6.45, 7) is 8.69. The third-order valence-corrected chi connectivity index (χ3v) is 3.37. The monoisotopic (exact) mass is 223 g/mol. The number of benzene rings is 2. The lowest BCUT2D eigenvalue weighted by Crippen LogP contribution is -1.97. The predicted molar refractivity (Wildman–Crippen MR) is 74.3 cm³/mol. The third-order valence-electron chi connectivity index (χ3n) is 3.37. The molecule has 0 fully saturated rings. The van der Waals surface area contributed by atoms with E-state index in [4.69, 9.17) is 0 Å². The first-order valence-corrected chi connectivity index (χ1v) is 6.07. The summed E-state index contributed by atoms with van der Waals surface area (Å²) in [5, 5.41) is 0. The van der Waals surface area contributed by atoms with Crippen LogP contribution in [0, 0.1) is 34.1 Å². The molecule has 0 aliphatic carbocycles. The molecule has 0 spiro atoms. The van der Waals surface area contributed by atoms with Crippen LogP contribution in [-0.2, 0) is 0 Å². The summed E-state index contributed by atoms with van der Waals surface area (Å²) in [7, 11) is 0. The molecule has 0 aliphatic heterocycles. The highest BCUT2D eigenvalue weighted by Crippen LogP contribution is 2.24. The van der Waals surface area contributed by atoms with Crippen LogP contribution in [0.5, 0.6) is 0 Å². The van der Waals surface area contributed by atoms with E-state index in [1.807, 2.05) is 0 Å². The van der Waals surface area contributed by atoms with Crippen LogP contribution in [0.1, 0.15) is 33.4 Å². The minimum absolute atomic E-state index is 1.34. The van der Waals surface area contributed by atoms with E-state index in [1.54, 1.807) is 0 Å². The molecule has 0 N–H and O–H groups in total. The van der Waals surface area contributed by atoms with Crippen molar-refractivity contribution in [2.45, 2.75) is 27.7 Å². The highest BCUT2D eigenvalue weighted by molar-refractivity contribution is 5.50. The van der Waals surface area contributed by atoms with Gasteiger partial charge in [0.2, 0.25) is 0 Å². The second-order valence-corrected chi connectivity index (χ2v) is 4.76. The Labute approximate surface area is 104 Å². The van der Waals surface area contributed by atoms with Crippen LogP contribution in [0.4, 0.5) is 0 Å². The predicted octanol–water partition coefficient (Wildman–Crippen LogP) is 4.52. The lowest BCUT2D eigenvalue weighted by molar-refractivity contribution is 1.23. The summed E-state index contributed by atoms with van der Waals surface area (Å²) in [6, 6.07) is 12.9. The lowest BCUT2D eigenvalue weighted by atomic mass is 9.91. The molecule has 1 radical (unpaired) electrons. The Bertz CT molecular complexity index is 446. The van der Waals surface area contributed by atoms with Gasteiger partial charge in [-0.05, 0) is 61.1 Å². The van der Waals surface area contributed by atoms with E-state index < -0.39 is 0 Å². The normalized spacial score (nSPS) is 10.6. The Kier molecular flexibility index (Phi) is 3.33. The van der Waals surface area contributed by atoms with Gasteiger partial charge in [0.15, 0.2) is 0 Å². The second-order valence-electron chi connectivity index (χ2n) is 4.76. The fourth-order valence-electron chi connectivity index (χ4n) is 2.25. The van der Waals surface area contributed by atoms with Crippen molar-refractivity contribution in [3.05, 3.63) is 76.2 Å². The molecule has 0 unspecified atom stereocenters. The molecule has 2 rings (SSSR count). The molecular weight excluding hydrogens is 204 g/mol. The third kappa shape index (κ3) is 2.41. The lowest BCUT2D eigenvalue weighted by Gasteiger charge is -2.13. The average Bonchev–Trinajstić information content (AvgIpc) is 2.27. The number of aryl methyl sites for hydroxylation is 4. The van der Waals surface area contributed by atoms with E-state index in [1.165, 1.54) is 33.4 Å². The molecule has 87 valence electrons. The highest BCUT2D eigenvalue weighted by Gasteiger charge is 2.08. The van der Waals surface area contributed by atoms with E-state index in [-0.39, 0.29) is 0 Å². The maximum atomic E-state index is 2.31. The van der Waals surface area contributed by atoms with Gasteiger partial charge in [-0.15, -0.1) is 0 Å². The van der Waals surface area contributed by atoms with Gasteiger partial charge in [0.25, 0.3) is 0 Å². The molecule has 0 nitrogen and oxygen atoms in total. The van der Waals surface area contributed by atoms with Gasteiger partial charge in [0.1, 0.15) is 0 Å². The van der Waals surface area contributed by atoms with E-state index in [0.717, 1.165) is 0 Å². The minimum atomic E-state index is 1.34. The molecule has 0 atom stereocenters. The zero-order chi connectivity index (χ0) is 12.4.